The Hall–Kier alpha value is -1.22. The SMILES string of the molecule is Cc1c(N)cccc1N(CCCO)C(C)C. The molecule has 0 aliphatic rings. The first kappa shape index (κ1) is 12.8. The highest BCUT2D eigenvalue weighted by atomic mass is 16.3. The number of hydrogen-bond donors (Lipinski definition) is 2. The zero-order valence-electron chi connectivity index (χ0n) is 10.4. The predicted octanol–water partition coefficient (Wildman–Crippen LogP) is 2.17. The first-order valence-corrected chi connectivity index (χ1v) is 5.80. The molecule has 0 saturated carbocycles. The largest absolute Gasteiger partial charge is 0.398 e. The van der Waals surface area contributed by atoms with Gasteiger partial charge in [-0.1, -0.05) is 6.07 Å². The lowest BCUT2D eigenvalue weighted by Gasteiger charge is -2.30. The summed E-state index contributed by atoms with van der Waals surface area (Å²) in [6, 6.07) is 6.39. The standard InChI is InChI=1S/C13H22N2O/c1-10(2)15(8-5-9-16)13-7-4-6-12(14)11(13)3/h4,6-7,10,16H,5,8-9,14H2,1-3H3. The van der Waals surface area contributed by atoms with E-state index in [1.165, 1.54) is 5.69 Å². The lowest BCUT2D eigenvalue weighted by Crippen LogP contribution is -2.32. The van der Waals surface area contributed by atoms with Crippen molar-refractivity contribution in [1.29, 1.82) is 0 Å². The van der Waals surface area contributed by atoms with Gasteiger partial charge in [-0.15, -0.1) is 0 Å². The second-order valence-corrected chi connectivity index (χ2v) is 4.36. The van der Waals surface area contributed by atoms with Crippen molar-refractivity contribution in [1.82, 2.24) is 0 Å². The molecule has 90 valence electrons. The second-order valence-electron chi connectivity index (χ2n) is 4.36. The van der Waals surface area contributed by atoms with E-state index in [1.807, 2.05) is 19.1 Å². The monoisotopic (exact) mass is 222 g/mol. The molecule has 1 rings (SSSR count). The highest BCUT2D eigenvalue weighted by Gasteiger charge is 2.13. The van der Waals surface area contributed by atoms with Gasteiger partial charge in [-0.05, 0) is 44.9 Å². The van der Waals surface area contributed by atoms with Gasteiger partial charge in [-0.2, -0.15) is 0 Å². The van der Waals surface area contributed by atoms with E-state index in [4.69, 9.17) is 10.8 Å². The van der Waals surface area contributed by atoms with Gasteiger partial charge in [-0.25, -0.2) is 0 Å². The van der Waals surface area contributed by atoms with Crippen LogP contribution in [-0.4, -0.2) is 24.3 Å². The average molecular weight is 222 g/mol. The summed E-state index contributed by atoms with van der Waals surface area (Å²) >= 11 is 0. The predicted molar refractivity (Wildman–Crippen MR) is 69.8 cm³/mol. The quantitative estimate of drug-likeness (QED) is 0.751. The van der Waals surface area contributed by atoms with Crippen LogP contribution in [0.4, 0.5) is 11.4 Å². The van der Waals surface area contributed by atoms with Crippen LogP contribution in [0, 0.1) is 6.92 Å². The zero-order valence-corrected chi connectivity index (χ0v) is 10.4. The van der Waals surface area contributed by atoms with E-state index in [0.717, 1.165) is 24.2 Å². The van der Waals surface area contributed by atoms with Crippen molar-refractivity contribution in [2.45, 2.75) is 33.2 Å². The molecule has 0 heterocycles. The molecule has 0 aliphatic carbocycles. The number of benzene rings is 1. The fourth-order valence-corrected chi connectivity index (χ4v) is 1.85. The van der Waals surface area contributed by atoms with Gasteiger partial charge in [0.2, 0.25) is 0 Å². The van der Waals surface area contributed by atoms with Gasteiger partial charge in [0.25, 0.3) is 0 Å². The number of anilines is 2. The molecule has 0 unspecified atom stereocenters. The summed E-state index contributed by atoms with van der Waals surface area (Å²) in [5.74, 6) is 0. The maximum atomic E-state index is 8.92. The molecule has 16 heavy (non-hydrogen) atoms. The van der Waals surface area contributed by atoms with Gasteiger partial charge in [-0.3, -0.25) is 0 Å². The van der Waals surface area contributed by atoms with E-state index in [1.54, 1.807) is 0 Å². The Bertz CT molecular complexity index is 337. The molecule has 0 amide bonds. The third kappa shape index (κ3) is 2.89. The third-order valence-corrected chi connectivity index (χ3v) is 2.84. The van der Waals surface area contributed by atoms with Crippen molar-refractivity contribution in [3.05, 3.63) is 23.8 Å². The maximum absolute atomic E-state index is 8.92. The lowest BCUT2D eigenvalue weighted by molar-refractivity contribution is 0.288. The topological polar surface area (TPSA) is 49.5 Å². The van der Waals surface area contributed by atoms with Crippen molar-refractivity contribution in [2.24, 2.45) is 0 Å². The molecule has 0 spiro atoms. The van der Waals surface area contributed by atoms with Crippen LogP contribution in [0.25, 0.3) is 0 Å². The molecule has 0 aliphatic heterocycles. The van der Waals surface area contributed by atoms with Crippen LogP contribution in [0.5, 0.6) is 0 Å². The molecular weight excluding hydrogens is 200 g/mol. The van der Waals surface area contributed by atoms with E-state index in [9.17, 15) is 0 Å². The molecule has 0 radical (unpaired) electrons. The highest BCUT2D eigenvalue weighted by molar-refractivity contribution is 5.64. The number of aliphatic hydroxyl groups excluding tert-OH is 1. The van der Waals surface area contributed by atoms with Crippen molar-refractivity contribution in [3.63, 3.8) is 0 Å². The van der Waals surface area contributed by atoms with Crippen LogP contribution in [0.2, 0.25) is 0 Å². The van der Waals surface area contributed by atoms with E-state index in [-0.39, 0.29) is 6.61 Å². The van der Waals surface area contributed by atoms with Crippen LogP contribution in [-0.2, 0) is 0 Å². The van der Waals surface area contributed by atoms with Crippen LogP contribution >= 0.6 is 0 Å². The summed E-state index contributed by atoms with van der Waals surface area (Å²) < 4.78 is 0. The van der Waals surface area contributed by atoms with Crippen molar-refractivity contribution in [3.8, 4) is 0 Å². The summed E-state index contributed by atoms with van der Waals surface area (Å²) in [4.78, 5) is 2.28. The summed E-state index contributed by atoms with van der Waals surface area (Å²) in [6.07, 6.45) is 0.784. The number of aliphatic hydroxyl groups is 1. The fraction of sp³-hybridized carbons (Fsp3) is 0.538. The summed E-state index contributed by atoms with van der Waals surface area (Å²) in [5.41, 5.74) is 9.03. The normalized spacial score (nSPS) is 10.8. The van der Waals surface area contributed by atoms with Crippen molar-refractivity contribution < 1.29 is 5.11 Å². The van der Waals surface area contributed by atoms with Gasteiger partial charge in [0.1, 0.15) is 0 Å². The minimum atomic E-state index is 0.227. The Morgan fingerprint density at radius 3 is 2.62 bits per heavy atom. The molecule has 0 aromatic heterocycles. The average Bonchev–Trinajstić information content (AvgIpc) is 2.24. The number of hydrogen-bond acceptors (Lipinski definition) is 3. The first-order chi connectivity index (χ1) is 7.57. The Morgan fingerprint density at radius 1 is 1.38 bits per heavy atom. The van der Waals surface area contributed by atoms with Gasteiger partial charge in [0.15, 0.2) is 0 Å². The molecule has 0 atom stereocenters. The molecule has 3 nitrogen and oxygen atoms in total. The minimum absolute atomic E-state index is 0.227. The maximum Gasteiger partial charge on any atom is 0.0447 e. The van der Waals surface area contributed by atoms with Crippen molar-refractivity contribution in [2.75, 3.05) is 23.8 Å². The van der Waals surface area contributed by atoms with E-state index in [2.05, 4.69) is 24.8 Å². The molecule has 1 aromatic rings. The highest BCUT2D eigenvalue weighted by Crippen LogP contribution is 2.26. The fourth-order valence-electron chi connectivity index (χ4n) is 1.85. The molecule has 0 fully saturated rings. The van der Waals surface area contributed by atoms with Gasteiger partial charge in [0, 0.05) is 30.6 Å². The molecule has 3 N–H and O–H groups in total. The van der Waals surface area contributed by atoms with E-state index >= 15 is 0 Å². The lowest BCUT2D eigenvalue weighted by atomic mass is 10.1. The summed E-state index contributed by atoms with van der Waals surface area (Å²) in [5, 5.41) is 8.92. The van der Waals surface area contributed by atoms with Crippen LogP contribution in [0.15, 0.2) is 18.2 Å². The van der Waals surface area contributed by atoms with Crippen LogP contribution in [0.1, 0.15) is 25.8 Å². The van der Waals surface area contributed by atoms with Crippen molar-refractivity contribution >= 4 is 11.4 Å². The van der Waals surface area contributed by atoms with Crippen LogP contribution in [0.3, 0.4) is 0 Å². The van der Waals surface area contributed by atoms with Crippen LogP contribution < -0.4 is 10.6 Å². The number of nitrogen functional groups attached to an aromatic ring is 1. The first-order valence-electron chi connectivity index (χ1n) is 5.80. The third-order valence-electron chi connectivity index (χ3n) is 2.84. The summed E-state index contributed by atoms with van der Waals surface area (Å²) in [7, 11) is 0. The van der Waals surface area contributed by atoms with Gasteiger partial charge < -0.3 is 15.7 Å². The van der Waals surface area contributed by atoms with Gasteiger partial charge in [0.05, 0.1) is 0 Å². The molecular formula is C13H22N2O. The number of nitrogens with two attached hydrogens (primary N) is 1. The molecule has 1 aromatic carbocycles. The Kier molecular flexibility index (Phi) is 4.62. The Labute approximate surface area is 97.9 Å². The minimum Gasteiger partial charge on any atom is -0.398 e. The number of nitrogens with zero attached hydrogens (tertiary/aromatic N) is 1. The summed E-state index contributed by atoms with van der Waals surface area (Å²) in [6.45, 7) is 7.43. The molecule has 0 saturated heterocycles. The number of rotatable bonds is 5. The molecule has 0 bridgehead atoms. The smallest absolute Gasteiger partial charge is 0.0447 e. The Morgan fingerprint density at radius 2 is 2.06 bits per heavy atom. The Balaban J connectivity index is 2.96. The van der Waals surface area contributed by atoms with E-state index in [0.29, 0.717) is 6.04 Å². The zero-order chi connectivity index (χ0) is 12.1. The van der Waals surface area contributed by atoms with E-state index < -0.39 is 0 Å². The van der Waals surface area contributed by atoms with Gasteiger partial charge >= 0.3 is 0 Å². The molecule has 3 heteroatoms. The second kappa shape index (κ2) is 5.75.